The van der Waals surface area contributed by atoms with Crippen LogP contribution in [0.15, 0.2) is 22.7 Å². The number of benzene rings is 1. The summed E-state index contributed by atoms with van der Waals surface area (Å²) in [6.45, 7) is 3.89. The largest absolute Gasteiger partial charge is 0.286 e. The number of hydrogen-bond acceptors (Lipinski definition) is 2. The molecule has 76 valence electrons. The van der Waals surface area contributed by atoms with Gasteiger partial charge in [-0.3, -0.25) is 10.0 Å². The Hall–Kier alpha value is -0.870. The van der Waals surface area contributed by atoms with E-state index in [1.165, 1.54) is 0 Å². The first-order chi connectivity index (χ1) is 6.54. The van der Waals surface area contributed by atoms with Gasteiger partial charge < -0.3 is 0 Å². The molecule has 0 saturated carbocycles. The van der Waals surface area contributed by atoms with Crippen molar-refractivity contribution in [3.05, 3.63) is 33.8 Å². The maximum Gasteiger partial charge on any atom is 0.277 e. The Morgan fingerprint density at radius 2 is 2.14 bits per heavy atom. The van der Waals surface area contributed by atoms with Gasteiger partial charge in [0, 0.05) is 16.6 Å². The molecular formula is C10H12BrNO2. The van der Waals surface area contributed by atoms with Crippen molar-refractivity contribution in [3.63, 3.8) is 0 Å². The lowest BCUT2D eigenvalue weighted by atomic mass is 10.1. The van der Waals surface area contributed by atoms with Crippen molar-refractivity contribution in [2.75, 3.05) is 6.54 Å². The first kappa shape index (κ1) is 11.2. The molecule has 0 heterocycles. The molecule has 0 spiro atoms. The molecule has 1 rings (SSSR count). The van der Waals surface area contributed by atoms with E-state index in [4.69, 9.17) is 0 Å². The molecule has 0 aliphatic carbocycles. The van der Waals surface area contributed by atoms with Crippen LogP contribution in [0.3, 0.4) is 0 Å². The average molecular weight is 258 g/mol. The van der Waals surface area contributed by atoms with Gasteiger partial charge in [0.2, 0.25) is 0 Å². The van der Waals surface area contributed by atoms with Crippen molar-refractivity contribution in [2.45, 2.75) is 13.8 Å². The topological polar surface area (TPSA) is 40.5 Å². The van der Waals surface area contributed by atoms with E-state index in [2.05, 4.69) is 15.9 Å². The summed E-state index contributed by atoms with van der Waals surface area (Å²) in [7, 11) is 0. The smallest absolute Gasteiger partial charge is 0.277 e. The van der Waals surface area contributed by atoms with Crippen molar-refractivity contribution in [3.8, 4) is 0 Å². The van der Waals surface area contributed by atoms with Gasteiger partial charge in [-0.2, -0.15) is 0 Å². The van der Waals surface area contributed by atoms with Gasteiger partial charge >= 0.3 is 0 Å². The van der Waals surface area contributed by atoms with Gasteiger partial charge in [-0.25, -0.2) is 5.06 Å². The highest BCUT2D eigenvalue weighted by atomic mass is 79.9. The van der Waals surface area contributed by atoms with Crippen LogP contribution < -0.4 is 0 Å². The Morgan fingerprint density at radius 1 is 1.50 bits per heavy atom. The van der Waals surface area contributed by atoms with E-state index in [1.807, 2.05) is 13.0 Å². The Labute approximate surface area is 91.4 Å². The van der Waals surface area contributed by atoms with E-state index in [0.29, 0.717) is 10.6 Å². The van der Waals surface area contributed by atoms with Crippen molar-refractivity contribution < 1.29 is 10.0 Å². The van der Waals surface area contributed by atoms with Crippen LogP contribution in [0.4, 0.5) is 0 Å². The molecule has 0 atom stereocenters. The van der Waals surface area contributed by atoms with Crippen molar-refractivity contribution in [1.29, 1.82) is 0 Å². The third kappa shape index (κ3) is 2.56. The first-order valence-electron chi connectivity index (χ1n) is 4.32. The molecule has 14 heavy (non-hydrogen) atoms. The lowest BCUT2D eigenvalue weighted by Gasteiger charge is -2.12. The number of nitrogens with zero attached hydrogens (tertiary/aromatic N) is 1. The molecule has 0 aliphatic rings. The van der Waals surface area contributed by atoms with Crippen LogP contribution in [0.2, 0.25) is 0 Å². The minimum Gasteiger partial charge on any atom is -0.286 e. The minimum atomic E-state index is -0.378. The summed E-state index contributed by atoms with van der Waals surface area (Å²) in [4.78, 5) is 11.5. The number of carbonyl (C=O) groups is 1. The summed E-state index contributed by atoms with van der Waals surface area (Å²) in [5, 5.41) is 9.93. The molecule has 0 radical (unpaired) electrons. The van der Waals surface area contributed by atoms with Crippen LogP contribution in [-0.4, -0.2) is 22.7 Å². The van der Waals surface area contributed by atoms with E-state index in [-0.39, 0.29) is 12.5 Å². The van der Waals surface area contributed by atoms with Crippen molar-refractivity contribution in [1.82, 2.24) is 5.06 Å². The van der Waals surface area contributed by atoms with Gasteiger partial charge in [0.25, 0.3) is 5.91 Å². The SMILES string of the molecule is CCN(O)C(=O)c1cc(C)cc(Br)c1. The van der Waals surface area contributed by atoms with Gasteiger partial charge in [0.15, 0.2) is 0 Å². The number of amides is 1. The van der Waals surface area contributed by atoms with E-state index >= 15 is 0 Å². The highest BCUT2D eigenvalue weighted by molar-refractivity contribution is 9.10. The zero-order valence-corrected chi connectivity index (χ0v) is 9.71. The average Bonchev–Trinajstić information content (AvgIpc) is 2.14. The molecule has 3 nitrogen and oxygen atoms in total. The van der Waals surface area contributed by atoms with Crippen LogP contribution in [-0.2, 0) is 0 Å². The maximum absolute atomic E-state index is 11.5. The molecule has 1 N–H and O–H groups in total. The van der Waals surface area contributed by atoms with Gasteiger partial charge in [0.1, 0.15) is 0 Å². The molecule has 0 unspecified atom stereocenters. The summed E-state index contributed by atoms with van der Waals surface area (Å²) in [5.41, 5.74) is 1.47. The highest BCUT2D eigenvalue weighted by Gasteiger charge is 2.12. The van der Waals surface area contributed by atoms with Crippen LogP contribution >= 0.6 is 15.9 Å². The fraction of sp³-hybridized carbons (Fsp3) is 0.300. The summed E-state index contributed by atoms with van der Waals surface area (Å²) in [5.74, 6) is -0.378. The molecular weight excluding hydrogens is 246 g/mol. The Balaban J connectivity index is 3.01. The third-order valence-corrected chi connectivity index (χ3v) is 2.28. The first-order valence-corrected chi connectivity index (χ1v) is 5.12. The van der Waals surface area contributed by atoms with Gasteiger partial charge in [-0.1, -0.05) is 15.9 Å². The molecule has 0 fully saturated rings. The highest BCUT2D eigenvalue weighted by Crippen LogP contribution is 2.16. The second-order valence-corrected chi connectivity index (χ2v) is 3.95. The summed E-state index contributed by atoms with van der Waals surface area (Å²) < 4.78 is 0.838. The normalized spacial score (nSPS) is 10.0. The molecule has 0 bridgehead atoms. The van der Waals surface area contributed by atoms with Crippen LogP contribution in [0.25, 0.3) is 0 Å². The Kier molecular flexibility index (Phi) is 3.66. The molecule has 0 aliphatic heterocycles. The second kappa shape index (κ2) is 4.57. The summed E-state index contributed by atoms with van der Waals surface area (Å²) in [6.07, 6.45) is 0. The third-order valence-electron chi connectivity index (χ3n) is 1.82. The van der Waals surface area contributed by atoms with Gasteiger partial charge in [-0.15, -0.1) is 0 Å². The quantitative estimate of drug-likeness (QED) is 0.654. The van der Waals surface area contributed by atoms with E-state index in [0.717, 1.165) is 10.0 Å². The van der Waals surface area contributed by atoms with Crippen LogP contribution in [0.5, 0.6) is 0 Å². The molecule has 0 aromatic heterocycles. The number of hydroxylamine groups is 2. The summed E-state index contributed by atoms with van der Waals surface area (Å²) >= 11 is 3.30. The monoisotopic (exact) mass is 257 g/mol. The van der Waals surface area contributed by atoms with Crippen LogP contribution in [0, 0.1) is 6.92 Å². The van der Waals surface area contributed by atoms with E-state index in [9.17, 15) is 10.0 Å². The predicted octanol–water partition coefficient (Wildman–Crippen LogP) is 2.61. The molecule has 4 heteroatoms. The number of carbonyl (C=O) groups excluding carboxylic acids is 1. The predicted molar refractivity (Wildman–Crippen MR) is 57.4 cm³/mol. The standard InChI is InChI=1S/C10H12BrNO2/c1-3-12(14)10(13)8-4-7(2)5-9(11)6-8/h4-6,14H,3H2,1-2H3. The number of rotatable bonds is 2. The van der Waals surface area contributed by atoms with E-state index in [1.54, 1.807) is 19.1 Å². The fourth-order valence-corrected chi connectivity index (χ4v) is 1.76. The summed E-state index contributed by atoms with van der Waals surface area (Å²) in [6, 6.07) is 5.34. The molecule has 1 amide bonds. The second-order valence-electron chi connectivity index (χ2n) is 3.04. The Bertz CT molecular complexity index is 332. The molecule has 0 saturated heterocycles. The Morgan fingerprint density at radius 3 is 2.64 bits per heavy atom. The zero-order chi connectivity index (χ0) is 10.7. The molecule has 1 aromatic rings. The molecule has 1 aromatic carbocycles. The number of hydrogen-bond donors (Lipinski definition) is 1. The zero-order valence-electron chi connectivity index (χ0n) is 8.12. The minimum absolute atomic E-state index is 0.282. The van der Waals surface area contributed by atoms with Gasteiger partial charge in [0.05, 0.1) is 0 Å². The number of halogens is 1. The van der Waals surface area contributed by atoms with E-state index < -0.39 is 0 Å². The lowest BCUT2D eigenvalue weighted by molar-refractivity contribution is -0.0541. The van der Waals surface area contributed by atoms with Crippen molar-refractivity contribution in [2.24, 2.45) is 0 Å². The van der Waals surface area contributed by atoms with Crippen LogP contribution in [0.1, 0.15) is 22.8 Å². The fourth-order valence-electron chi connectivity index (χ4n) is 1.15. The lowest BCUT2D eigenvalue weighted by Crippen LogP contribution is -2.26. The maximum atomic E-state index is 11.5. The van der Waals surface area contributed by atoms with Gasteiger partial charge in [-0.05, 0) is 37.6 Å². The number of aryl methyl sites for hydroxylation is 1. The van der Waals surface area contributed by atoms with Crippen molar-refractivity contribution >= 4 is 21.8 Å².